The molecule has 0 amide bonds. The second-order valence-corrected chi connectivity index (χ2v) is 7.25. The summed E-state index contributed by atoms with van der Waals surface area (Å²) in [6, 6.07) is 3.92. The van der Waals surface area contributed by atoms with E-state index in [1.165, 1.54) is 12.1 Å². The number of rotatable bonds is 7. The molecule has 0 aliphatic heterocycles. The van der Waals surface area contributed by atoms with Crippen molar-refractivity contribution in [3.8, 4) is 0 Å². The third kappa shape index (κ3) is 3.77. The first-order chi connectivity index (χ1) is 9.36. The molecule has 2 rings (SSSR count). The minimum absolute atomic E-state index is 0.0363. The van der Waals surface area contributed by atoms with Gasteiger partial charge in [-0.15, -0.1) is 0 Å². The Bertz CT molecular complexity index is 583. The van der Waals surface area contributed by atoms with Gasteiger partial charge in [0.15, 0.2) is 0 Å². The molecule has 0 atom stereocenters. The van der Waals surface area contributed by atoms with Crippen LogP contribution in [0.3, 0.4) is 0 Å². The van der Waals surface area contributed by atoms with Gasteiger partial charge >= 0.3 is 0 Å². The first-order valence-corrected chi connectivity index (χ1v) is 8.38. The Kier molecular flexibility index (Phi) is 4.46. The van der Waals surface area contributed by atoms with Crippen molar-refractivity contribution in [2.45, 2.75) is 50.1 Å². The first kappa shape index (κ1) is 15.4. The maximum Gasteiger partial charge on any atom is 0.241 e. The highest BCUT2D eigenvalue weighted by Crippen LogP contribution is 2.36. The summed E-state index contributed by atoms with van der Waals surface area (Å²) in [6.07, 6.45) is 2.61. The second-order valence-electron chi connectivity index (χ2n) is 5.59. The Morgan fingerprint density at radius 1 is 1.35 bits per heavy atom. The molecule has 1 saturated carbocycles. The normalized spacial score (nSPS) is 17.1. The molecule has 0 aromatic heterocycles. The molecule has 0 unspecified atom stereocenters. The van der Waals surface area contributed by atoms with Crippen molar-refractivity contribution < 1.29 is 12.8 Å². The van der Waals surface area contributed by atoms with Gasteiger partial charge in [-0.3, -0.25) is 0 Å². The molecule has 4 nitrogen and oxygen atoms in total. The van der Waals surface area contributed by atoms with E-state index in [0.717, 1.165) is 31.9 Å². The fourth-order valence-corrected chi connectivity index (χ4v) is 3.71. The summed E-state index contributed by atoms with van der Waals surface area (Å²) in [5.74, 6) is -0.537. The summed E-state index contributed by atoms with van der Waals surface area (Å²) in [5.41, 5.74) is 0.232. The fourth-order valence-electron chi connectivity index (χ4n) is 1.99. The summed E-state index contributed by atoms with van der Waals surface area (Å²) in [5, 5.41) is 3.15. The predicted octanol–water partition coefficient (Wildman–Crippen LogP) is 2.16. The van der Waals surface area contributed by atoms with Gasteiger partial charge in [0.25, 0.3) is 0 Å². The van der Waals surface area contributed by atoms with E-state index in [9.17, 15) is 12.8 Å². The maximum absolute atomic E-state index is 13.4. The van der Waals surface area contributed by atoms with Crippen LogP contribution in [-0.4, -0.2) is 20.5 Å². The predicted molar refractivity (Wildman–Crippen MR) is 76.4 cm³/mol. The van der Waals surface area contributed by atoms with Gasteiger partial charge in [0.05, 0.1) is 4.90 Å². The molecule has 1 aliphatic carbocycles. The highest BCUT2D eigenvalue weighted by Gasteiger charge is 2.41. The molecule has 1 aliphatic rings. The van der Waals surface area contributed by atoms with E-state index in [1.807, 2.05) is 13.8 Å². The Hall–Kier alpha value is -0.980. The van der Waals surface area contributed by atoms with Crippen LogP contribution in [0.2, 0.25) is 0 Å². The van der Waals surface area contributed by atoms with Crippen molar-refractivity contribution in [3.63, 3.8) is 0 Å². The molecular weight excluding hydrogens is 279 g/mol. The molecule has 0 radical (unpaired) electrons. The summed E-state index contributed by atoms with van der Waals surface area (Å²) in [4.78, 5) is 0.0363. The number of nitrogens with one attached hydrogen (secondary N) is 2. The topological polar surface area (TPSA) is 58.2 Å². The SMILES string of the molecule is CCCNCc1ccc(F)cc1S(=O)(=O)NC1(C)CC1. The fraction of sp³-hybridized carbons (Fsp3) is 0.571. The van der Waals surface area contributed by atoms with Crippen LogP contribution in [0.4, 0.5) is 4.39 Å². The zero-order valence-corrected chi connectivity index (χ0v) is 12.7. The second kappa shape index (κ2) is 5.79. The lowest BCUT2D eigenvalue weighted by Crippen LogP contribution is -2.35. The lowest BCUT2D eigenvalue weighted by Gasteiger charge is -2.15. The molecule has 0 heterocycles. The van der Waals surface area contributed by atoms with Crippen LogP contribution >= 0.6 is 0 Å². The van der Waals surface area contributed by atoms with E-state index in [2.05, 4.69) is 10.0 Å². The van der Waals surface area contributed by atoms with Gasteiger partial charge in [0.1, 0.15) is 5.82 Å². The monoisotopic (exact) mass is 300 g/mol. The van der Waals surface area contributed by atoms with Crippen LogP contribution in [0.1, 0.15) is 38.7 Å². The van der Waals surface area contributed by atoms with Gasteiger partial charge in [-0.05, 0) is 50.4 Å². The van der Waals surface area contributed by atoms with Crippen molar-refractivity contribution in [2.24, 2.45) is 0 Å². The molecule has 1 aromatic rings. The van der Waals surface area contributed by atoms with Crippen molar-refractivity contribution in [1.82, 2.24) is 10.0 Å². The Labute approximate surface area is 119 Å². The van der Waals surface area contributed by atoms with E-state index in [1.54, 1.807) is 0 Å². The molecular formula is C14H21FN2O2S. The van der Waals surface area contributed by atoms with Gasteiger partial charge in [-0.1, -0.05) is 13.0 Å². The van der Waals surface area contributed by atoms with Crippen LogP contribution in [0.15, 0.2) is 23.1 Å². The number of benzene rings is 1. The number of hydrogen-bond acceptors (Lipinski definition) is 3. The number of hydrogen-bond donors (Lipinski definition) is 2. The molecule has 2 N–H and O–H groups in total. The van der Waals surface area contributed by atoms with E-state index in [-0.39, 0.29) is 10.4 Å². The Balaban J connectivity index is 2.25. The van der Waals surface area contributed by atoms with Gasteiger partial charge < -0.3 is 5.32 Å². The smallest absolute Gasteiger partial charge is 0.241 e. The van der Waals surface area contributed by atoms with Crippen LogP contribution in [0.25, 0.3) is 0 Å². The highest BCUT2D eigenvalue weighted by molar-refractivity contribution is 7.89. The summed E-state index contributed by atoms with van der Waals surface area (Å²) in [7, 11) is -3.68. The van der Waals surface area contributed by atoms with E-state index < -0.39 is 15.8 Å². The lowest BCUT2D eigenvalue weighted by atomic mass is 10.2. The standard InChI is InChI=1S/C14H21FN2O2S/c1-3-8-16-10-11-4-5-12(15)9-13(11)20(18,19)17-14(2)6-7-14/h4-5,9,16-17H,3,6-8,10H2,1-2H3. The molecule has 1 aromatic carbocycles. The van der Waals surface area contributed by atoms with E-state index in [0.29, 0.717) is 12.1 Å². The Morgan fingerprint density at radius 3 is 2.65 bits per heavy atom. The molecule has 0 saturated heterocycles. The highest BCUT2D eigenvalue weighted by atomic mass is 32.2. The first-order valence-electron chi connectivity index (χ1n) is 6.89. The van der Waals surface area contributed by atoms with Gasteiger partial charge in [-0.2, -0.15) is 0 Å². The van der Waals surface area contributed by atoms with Crippen molar-refractivity contribution in [2.75, 3.05) is 6.54 Å². The van der Waals surface area contributed by atoms with Crippen LogP contribution in [0.5, 0.6) is 0 Å². The summed E-state index contributed by atoms with van der Waals surface area (Å²) in [6.45, 7) is 5.10. The molecule has 0 bridgehead atoms. The number of halogens is 1. The van der Waals surface area contributed by atoms with Crippen LogP contribution in [0, 0.1) is 5.82 Å². The molecule has 1 fully saturated rings. The molecule has 0 spiro atoms. The average Bonchev–Trinajstić information content (AvgIpc) is 3.07. The van der Waals surface area contributed by atoms with Gasteiger partial charge in [0.2, 0.25) is 10.0 Å². The third-order valence-electron chi connectivity index (χ3n) is 3.44. The summed E-state index contributed by atoms with van der Waals surface area (Å²) < 4.78 is 40.8. The maximum atomic E-state index is 13.4. The van der Waals surface area contributed by atoms with Crippen molar-refractivity contribution in [1.29, 1.82) is 0 Å². The number of sulfonamides is 1. The zero-order valence-electron chi connectivity index (χ0n) is 11.9. The third-order valence-corrected chi connectivity index (χ3v) is 5.16. The largest absolute Gasteiger partial charge is 0.313 e. The van der Waals surface area contributed by atoms with Crippen LogP contribution < -0.4 is 10.0 Å². The molecule has 6 heteroatoms. The average molecular weight is 300 g/mol. The minimum atomic E-state index is -3.68. The zero-order chi connectivity index (χ0) is 14.8. The van der Waals surface area contributed by atoms with E-state index in [4.69, 9.17) is 0 Å². The molecule has 20 heavy (non-hydrogen) atoms. The van der Waals surface area contributed by atoms with Crippen molar-refractivity contribution in [3.05, 3.63) is 29.6 Å². The van der Waals surface area contributed by atoms with Gasteiger partial charge in [0, 0.05) is 12.1 Å². The molecule has 112 valence electrons. The lowest BCUT2D eigenvalue weighted by molar-refractivity contribution is 0.552. The van der Waals surface area contributed by atoms with Gasteiger partial charge in [-0.25, -0.2) is 17.5 Å². The van der Waals surface area contributed by atoms with Crippen molar-refractivity contribution >= 4 is 10.0 Å². The van der Waals surface area contributed by atoms with E-state index >= 15 is 0 Å². The summed E-state index contributed by atoms with van der Waals surface area (Å²) >= 11 is 0. The quantitative estimate of drug-likeness (QED) is 0.759. The minimum Gasteiger partial charge on any atom is -0.313 e. The Morgan fingerprint density at radius 2 is 2.05 bits per heavy atom. The van der Waals surface area contributed by atoms with Crippen LogP contribution in [-0.2, 0) is 16.6 Å².